The molecule has 0 saturated heterocycles. The van der Waals surface area contributed by atoms with E-state index < -0.39 is 0 Å². The van der Waals surface area contributed by atoms with Crippen molar-refractivity contribution in [2.45, 2.75) is 25.3 Å². The van der Waals surface area contributed by atoms with Gasteiger partial charge in [-0.15, -0.1) is 17.9 Å². The molecular weight excluding hydrogens is 358 g/mol. The molecule has 0 unspecified atom stereocenters. The summed E-state index contributed by atoms with van der Waals surface area (Å²) in [5.74, 6) is 0.814. The van der Waals surface area contributed by atoms with Crippen LogP contribution in [0.25, 0.3) is 4.96 Å². The fourth-order valence-electron chi connectivity index (χ4n) is 3.58. The van der Waals surface area contributed by atoms with E-state index in [1.807, 2.05) is 29.8 Å². The maximum Gasteiger partial charge on any atom is 0.221 e. The molecule has 0 fully saturated rings. The fraction of sp³-hybridized carbons (Fsp3) is 0.238. The van der Waals surface area contributed by atoms with Gasteiger partial charge in [0.1, 0.15) is 12.4 Å². The predicted octanol–water partition coefficient (Wildman–Crippen LogP) is 3.84. The number of nitrogens with zero attached hydrogens (tertiary/aromatic N) is 2. The van der Waals surface area contributed by atoms with E-state index in [0.29, 0.717) is 26.0 Å². The number of fused-ring (bicyclic) bond motifs is 3. The Bertz CT molecular complexity index is 1020. The van der Waals surface area contributed by atoms with Crippen LogP contribution in [-0.4, -0.2) is 21.9 Å². The van der Waals surface area contributed by atoms with Gasteiger partial charge in [-0.25, -0.2) is 4.98 Å². The SMILES string of the molecule is C=CCOc1ccc([C@H]2CC(=O)NCc3nc4sccn4c32)cc1CC=C. The van der Waals surface area contributed by atoms with Crippen molar-refractivity contribution in [1.82, 2.24) is 14.7 Å². The van der Waals surface area contributed by atoms with Crippen LogP contribution in [0, 0.1) is 0 Å². The number of amides is 1. The van der Waals surface area contributed by atoms with Gasteiger partial charge in [0.05, 0.1) is 17.9 Å². The van der Waals surface area contributed by atoms with Crippen LogP contribution in [0.1, 0.15) is 34.9 Å². The number of ether oxygens (including phenoxy) is 1. The van der Waals surface area contributed by atoms with E-state index in [4.69, 9.17) is 9.72 Å². The summed E-state index contributed by atoms with van der Waals surface area (Å²) < 4.78 is 7.89. The van der Waals surface area contributed by atoms with Crippen molar-refractivity contribution in [1.29, 1.82) is 0 Å². The van der Waals surface area contributed by atoms with E-state index in [1.165, 1.54) is 0 Å². The summed E-state index contributed by atoms with van der Waals surface area (Å²) in [5, 5.41) is 4.99. The topological polar surface area (TPSA) is 55.6 Å². The van der Waals surface area contributed by atoms with Crippen LogP contribution in [0.2, 0.25) is 0 Å². The lowest BCUT2D eigenvalue weighted by atomic mass is 9.90. The highest BCUT2D eigenvalue weighted by molar-refractivity contribution is 7.15. The standard InChI is InChI=1S/C21H21N3O2S/c1-3-5-15-11-14(6-7-18(15)26-9-4-2)16-12-19(25)22-13-17-20(16)24-8-10-27-21(24)23-17/h3-4,6-8,10-11,16H,1-2,5,9,12-13H2,(H,22,25)/t16-/m1/s1. The van der Waals surface area contributed by atoms with Gasteiger partial charge >= 0.3 is 0 Å². The Kier molecular flexibility index (Phi) is 4.81. The highest BCUT2D eigenvalue weighted by atomic mass is 32.1. The van der Waals surface area contributed by atoms with Crippen LogP contribution in [0.4, 0.5) is 0 Å². The van der Waals surface area contributed by atoms with Crippen molar-refractivity contribution in [2.75, 3.05) is 6.61 Å². The van der Waals surface area contributed by atoms with Gasteiger partial charge in [-0.05, 0) is 23.6 Å². The number of hydrogen-bond donors (Lipinski definition) is 1. The number of aromatic nitrogens is 2. The first-order chi connectivity index (χ1) is 13.2. The quantitative estimate of drug-likeness (QED) is 0.662. The minimum atomic E-state index is -0.0517. The molecule has 5 nitrogen and oxygen atoms in total. The molecule has 0 aliphatic carbocycles. The minimum absolute atomic E-state index is 0.0410. The second-order valence-electron chi connectivity index (χ2n) is 6.49. The molecule has 2 aromatic heterocycles. The van der Waals surface area contributed by atoms with Crippen LogP contribution >= 0.6 is 11.3 Å². The number of thiazole rings is 1. The highest BCUT2D eigenvalue weighted by Crippen LogP contribution is 2.36. The van der Waals surface area contributed by atoms with Gasteiger partial charge in [-0.1, -0.05) is 30.9 Å². The molecule has 1 amide bonds. The number of hydrogen-bond acceptors (Lipinski definition) is 4. The largest absolute Gasteiger partial charge is 0.489 e. The second-order valence-corrected chi connectivity index (χ2v) is 7.37. The number of carbonyl (C=O) groups is 1. The summed E-state index contributed by atoms with van der Waals surface area (Å²) >= 11 is 1.60. The molecule has 0 spiro atoms. The Hall–Kier alpha value is -2.86. The van der Waals surface area contributed by atoms with Crippen molar-refractivity contribution >= 4 is 22.2 Å². The average Bonchev–Trinajstić information content (AvgIpc) is 3.20. The molecule has 0 bridgehead atoms. The molecular formula is C21H21N3O2S. The van der Waals surface area contributed by atoms with E-state index in [9.17, 15) is 4.79 Å². The zero-order valence-electron chi connectivity index (χ0n) is 15.0. The van der Waals surface area contributed by atoms with E-state index in [-0.39, 0.29) is 11.8 Å². The summed E-state index contributed by atoms with van der Waals surface area (Å²) in [6, 6.07) is 6.15. The van der Waals surface area contributed by atoms with Crippen LogP contribution in [-0.2, 0) is 17.8 Å². The minimum Gasteiger partial charge on any atom is -0.489 e. The van der Waals surface area contributed by atoms with Gasteiger partial charge in [0.25, 0.3) is 0 Å². The van der Waals surface area contributed by atoms with Gasteiger partial charge in [0.15, 0.2) is 4.96 Å². The Balaban J connectivity index is 1.81. The monoisotopic (exact) mass is 379 g/mol. The van der Waals surface area contributed by atoms with Crippen molar-refractivity contribution < 1.29 is 9.53 Å². The second kappa shape index (κ2) is 7.40. The lowest BCUT2D eigenvalue weighted by Gasteiger charge is -2.18. The third-order valence-corrected chi connectivity index (χ3v) is 5.51. The molecule has 4 rings (SSSR count). The molecule has 1 atom stereocenters. The van der Waals surface area contributed by atoms with Crippen molar-refractivity contribution in [3.8, 4) is 5.75 Å². The van der Waals surface area contributed by atoms with E-state index in [2.05, 4.69) is 28.9 Å². The zero-order chi connectivity index (χ0) is 18.8. The summed E-state index contributed by atoms with van der Waals surface area (Å²) in [6.07, 6.45) is 6.72. The highest BCUT2D eigenvalue weighted by Gasteiger charge is 2.29. The number of allylic oxidation sites excluding steroid dienone is 1. The van der Waals surface area contributed by atoms with Crippen LogP contribution < -0.4 is 10.1 Å². The van der Waals surface area contributed by atoms with Gasteiger partial charge in [-0.3, -0.25) is 9.20 Å². The van der Waals surface area contributed by atoms with E-state index >= 15 is 0 Å². The average molecular weight is 379 g/mol. The molecule has 6 heteroatoms. The number of benzene rings is 1. The summed E-state index contributed by atoms with van der Waals surface area (Å²) in [4.78, 5) is 18.0. The van der Waals surface area contributed by atoms with Crippen LogP contribution in [0.15, 0.2) is 55.1 Å². The molecule has 27 heavy (non-hydrogen) atoms. The third kappa shape index (κ3) is 3.28. The number of rotatable bonds is 6. The summed E-state index contributed by atoms with van der Waals surface area (Å²) in [7, 11) is 0. The third-order valence-electron chi connectivity index (χ3n) is 4.76. The van der Waals surface area contributed by atoms with Crippen LogP contribution in [0.5, 0.6) is 5.75 Å². The van der Waals surface area contributed by atoms with Gasteiger partial charge in [0, 0.05) is 23.9 Å². The summed E-state index contributed by atoms with van der Waals surface area (Å²) in [6.45, 7) is 8.49. The lowest BCUT2D eigenvalue weighted by molar-refractivity contribution is -0.121. The maximum atomic E-state index is 12.3. The van der Waals surface area contributed by atoms with Gasteiger partial charge in [-0.2, -0.15) is 0 Å². The first-order valence-electron chi connectivity index (χ1n) is 8.89. The van der Waals surface area contributed by atoms with Crippen molar-refractivity contribution in [2.24, 2.45) is 0 Å². The molecule has 0 saturated carbocycles. The Labute approximate surface area is 162 Å². The normalized spacial score (nSPS) is 16.4. The first kappa shape index (κ1) is 17.5. The molecule has 138 valence electrons. The Morgan fingerprint density at radius 2 is 2.26 bits per heavy atom. The molecule has 3 aromatic rings. The molecule has 0 radical (unpaired) electrons. The van der Waals surface area contributed by atoms with Crippen molar-refractivity contribution in [3.05, 3.63) is 77.6 Å². The zero-order valence-corrected chi connectivity index (χ0v) is 15.8. The molecule has 1 N–H and O–H groups in total. The number of nitrogens with one attached hydrogen (secondary N) is 1. The Morgan fingerprint density at radius 3 is 3.07 bits per heavy atom. The van der Waals surface area contributed by atoms with Gasteiger partial charge < -0.3 is 10.1 Å². The van der Waals surface area contributed by atoms with Crippen LogP contribution in [0.3, 0.4) is 0 Å². The number of carbonyl (C=O) groups excluding carboxylic acids is 1. The first-order valence-corrected chi connectivity index (χ1v) is 9.77. The summed E-state index contributed by atoms with van der Waals surface area (Å²) in [5.41, 5.74) is 4.18. The fourth-order valence-corrected chi connectivity index (χ4v) is 4.32. The number of imidazole rings is 1. The van der Waals surface area contributed by atoms with E-state index in [0.717, 1.165) is 33.2 Å². The van der Waals surface area contributed by atoms with Gasteiger partial charge in [0.2, 0.25) is 5.91 Å². The molecule has 1 aromatic carbocycles. The smallest absolute Gasteiger partial charge is 0.221 e. The molecule has 3 heterocycles. The Morgan fingerprint density at radius 1 is 1.37 bits per heavy atom. The molecule has 1 aliphatic heterocycles. The van der Waals surface area contributed by atoms with Crippen molar-refractivity contribution in [3.63, 3.8) is 0 Å². The lowest BCUT2D eigenvalue weighted by Crippen LogP contribution is -2.21. The predicted molar refractivity (Wildman–Crippen MR) is 107 cm³/mol. The maximum absolute atomic E-state index is 12.3. The van der Waals surface area contributed by atoms with E-state index in [1.54, 1.807) is 17.4 Å². The molecule has 1 aliphatic rings.